The van der Waals surface area contributed by atoms with Gasteiger partial charge in [-0.05, 0) is 14.0 Å². The Morgan fingerprint density at radius 1 is 1.50 bits per heavy atom. The minimum absolute atomic E-state index is 0.209. The molecule has 0 bridgehead atoms. The van der Waals surface area contributed by atoms with Gasteiger partial charge in [-0.15, -0.1) is 11.3 Å². The van der Waals surface area contributed by atoms with E-state index < -0.39 is 0 Å². The van der Waals surface area contributed by atoms with Crippen molar-refractivity contribution in [1.82, 2.24) is 25.1 Å². The van der Waals surface area contributed by atoms with Crippen LogP contribution in [0.2, 0.25) is 0 Å². The number of aryl methyl sites for hydroxylation is 1. The Bertz CT molecular complexity index is 422. The number of aromatic nitrogens is 4. The van der Waals surface area contributed by atoms with E-state index in [0.29, 0.717) is 0 Å². The molecular weight excluding hydrogens is 222 g/mol. The molecular formula is C10H15N5S. The molecule has 16 heavy (non-hydrogen) atoms. The van der Waals surface area contributed by atoms with Crippen LogP contribution in [0.5, 0.6) is 0 Å². The van der Waals surface area contributed by atoms with Crippen LogP contribution in [0.15, 0.2) is 17.2 Å². The van der Waals surface area contributed by atoms with Crippen molar-refractivity contribution < 1.29 is 0 Å². The van der Waals surface area contributed by atoms with Crippen molar-refractivity contribution in [3.63, 3.8) is 0 Å². The fraction of sp³-hybridized carbons (Fsp3) is 0.500. The van der Waals surface area contributed by atoms with E-state index in [4.69, 9.17) is 0 Å². The van der Waals surface area contributed by atoms with Crippen LogP contribution >= 0.6 is 11.3 Å². The largest absolute Gasteiger partial charge is 0.311 e. The zero-order valence-corrected chi connectivity index (χ0v) is 10.2. The van der Waals surface area contributed by atoms with Crippen molar-refractivity contribution in [2.24, 2.45) is 0 Å². The van der Waals surface area contributed by atoms with E-state index in [1.165, 1.54) is 0 Å². The van der Waals surface area contributed by atoms with E-state index in [1.807, 2.05) is 17.2 Å². The van der Waals surface area contributed by atoms with Gasteiger partial charge in [-0.3, -0.25) is 4.68 Å². The number of rotatable bonds is 5. The predicted octanol–water partition coefficient (Wildman–Crippen LogP) is 1.26. The normalized spacial score (nSPS) is 12.9. The molecule has 1 atom stereocenters. The smallest absolute Gasteiger partial charge is 0.138 e. The highest BCUT2D eigenvalue weighted by molar-refractivity contribution is 7.07. The Labute approximate surface area is 98.5 Å². The van der Waals surface area contributed by atoms with Gasteiger partial charge in [0.2, 0.25) is 0 Å². The van der Waals surface area contributed by atoms with E-state index >= 15 is 0 Å². The molecule has 0 radical (unpaired) electrons. The zero-order chi connectivity index (χ0) is 11.4. The maximum Gasteiger partial charge on any atom is 0.138 e. The summed E-state index contributed by atoms with van der Waals surface area (Å²) < 4.78 is 1.91. The van der Waals surface area contributed by atoms with E-state index in [2.05, 4.69) is 32.7 Å². The molecule has 5 nitrogen and oxygen atoms in total. The highest BCUT2D eigenvalue weighted by Crippen LogP contribution is 2.16. The molecule has 0 aliphatic rings. The molecule has 0 aliphatic carbocycles. The van der Waals surface area contributed by atoms with Gasteiger partial charge >= 0.3 is 0 Å². The van der Waals surface area contributed by atoms with Crippen molar-refractivity contribution in [3.05, 3.63) is 28.7 Å². The average Bonchev–Trinajstić information content (AvgIpc) is 2.96. The number of hydrogen-bond acceptors (Lipinski definition) is 5. The standard InChI is InChI=1S/C10H15N5S/c1-3-15-10(12-6-14-15)4-8(11-2)9-5-16-7-13-9/h5-8,11H,3-4H2,1-2H3. The van der Waals surface area contributed by atoms with Gasteiger partial charge in [-0.25, -0.2) is 9.97 Å². The molecule has 1 unspecified atom stereocenters. The van der Waals surface area contributed by atoms with Gasteiger partial charge in [0.05, 0.1) is 17.2 Å². The maximum atomic E-state index is 4.32. The molecule has 2 heterocycles. The van der Waals surface area contributed by atoms with Gasteiger partial charge in [-0.2, -0.15) is 5.10 Å². The third-order valence-electron chi connectivity index (χ3n) is 2.54. The van der Waals surface area contributed by atoms with Crippen LogP contribution < -0.4 is 5.32 Å². The summed E-state index contributed by atoms with van der Waals surface area (Å²) in [4.78, 5) is 8.59. The Morgan fingerprint density at radius 3 is 3.00 bits per heavy atom. The molecule has 0 spiro atoms. The Kier molecular flexibility index (Phi) is 3.63. The third-order valence-corrected chi connectivity index (χ3v) is 3.14. The first-order valence-electron chi connectivity index (χ1n) is 5.27. The average molecular weight is 237 g/mol. The molecule has 2 aromatic rings. The second kappa shape index (κ2) is 5.18. The minimum atomic E-state index is 0.209. The van der Waals surface area contributed by atoms with Crippen molar-refractivity contribution in [2.75, 3.05) is 7.05 Å². The van der Waals surface area contributed by atoms with Crippen LogP contribution in [0, 0.1) is 0 Å². The molecule has 1 N–H and O–H groups in total. The second-order valence-corrected chi connectivity index (χ2v) is 4.17. The summed E-state index contributed by atoms with van der Waals surface area (Å²) in [5.74, 6) is 0.995. The topological polar surface area (TPSA) is 55.6 Å². The van der Waals surface area contributed by atoms with Gasteiger partial charge in [-0.1, -0.05) is 0 Å². The van der Waals surface area contributed by atoms with E-state index in [9.17, 15) is 0 Å². The van der Waals surface area contributed by atoms with E-state index in [1.54, 1.807) is 17.7 Å². The molecule has 6 heteroatoms. The first-order valence-corrected chi connectivity index (χ1v) is 6.21. The molecule has 0 fully saturated rings. The molecule has 2 aromatic heterocycles. The number of nitrogens with one attached hydrogen (secondary N) is 1. The summed E-state index contributed by atoms with van der Waals surface area (Å²) in [6.45, 7) is 2.91. The minimum Gasteiger partial charge on any atom is -0.311 e. The monoisotopic (exact) mass is 237 g/mol. The summed E-state index contributed by atoms with van der Waals surface area (Å²) in [5.41, 5.74) is 2.92. The number of hydrogen-bond donors (Lipinski definition) is 1. The molecule has 0 saturated carbocycles. The Morgan fingerprint density at radius 2 is 2.38 bits per heavy atom. The summed E-state index contributed by atoms with van der Waals surface area (Å²) in [7, 11) is 1.94. The van der Waals surface area contributed by atoms with Gasteiger partial charge in [0.25, 0.3) is 0 Å². The quantitative estimate of drug-likeness (QED) is 0.850. The lowest BCUT2D eigenvalue weighted by Crippen LogP contribution is -2.21. The van der Waals surface area contributed by atoms with E-state index in [-0.39, 0.29) is 6.04 Å². The van der Waals surface area contributed by atoms with Gasteiger partial charge in [0, 0.05) is 18.3 Å². The van der Waals surface area contributed by atoms with Crippen LogP contribution in [0.1, 0.15) is 24.5 Å². The van der Waals surface area contributed by atoms with Gasteiger partial charge in [0.1, 0.15) is 12.2 Å². The fourth-order valence-corrected chi connectivity index (χ4v) is 2.25. The summed E-state index contributed by atoms with van der Waals surface area (Å²) in [5, 5.41) is 9.48. The van der Waals surface area contributed by atoms with Crippen molar-refractivity contribution >= 4 is 11.3 Å². The molecule has 0 aliphatic heterocycles. The highest BCUT2D eigenvalue weighted by Gasteiger charge is 2.15. The fourth-order valence-electron chi connectivity index (χ4n) is 1.64. The van der Waals surface area contributed by atoms with Crippen LogP contribution in [-0.2, 0) is 13.0 Å². The first kappa shape index (κ1) is 11.2. The van der Waals surface area contributed by atoms with Crippen LogP contribution in [-0.4, -0.2) is 26.8 Å². The van der Waals surface area contributed by atoms with Crippen molar-refractivity contribution in [3.8, 4) is 0 Å². The number of nitrogens with zero attached hydrogens (tertiary/aromatic N) is 4. The maximum absolute atomic E-state index is 4.32. The summed E-state index contributed by atoms with van der Waals surface area (Å²) in [6.07, 6.45) is 2.42. The Hall–Kier alpha value is -1.27. The first-order chi connectivity index (χ1) is 7.85. The molecule has 0 amide bonds. The number of thiazole rings is 1. The predicted molar refractivity (Wildman–Crippen MR) is 63.3 cm³/mol. The second-order valence-electron chi connectivity index (χ2n) is 3.45. The summed E-state index contributed by atoms with van der Waals surface area (Å²) in [6, 6.07) is 0.209. The van der Waals surface area contributed by atoms with Gasteiger partial charge in [0.15, 0.2) is 0 Å². The lowest BCUT2D eigenvalue weighted by molar-refractivity contribution is 0.526. The lowest BCUT2D eigenvalue weighted by atomic mass is 10.1. The van der Waals surface area contributed by atoms with Crippen LogP contribution in [0.4, 0.5) is 0 Å². The molecule has 2 rings (SSSR count). The zero-order valence-electron chi connectivity index (χ0n) is 9.42. The Balaban J connectivity index is 2.13. The molecule has 0 aromatic carbocycles. The van der Waals surface area contributed by atoms with E-state index in [0.717, 1.165) is 24.5 Å². The van der Waals surface area contributed by atoms with Crippen LogP contribution in [0.25, 0.3) is 0 Å². The molecule has 0 saturated heterocycles. The van der Waals surface area contributed by atoms with Crippen LogP contribution in [0.3, 0.4) is 0 Å². The summed E-state index contributed by atoms with van der Waals surface area (Å²) >= 11 is 1.61. The SMILES string of the molecule is CCn1ncnc1CC(NC)c1cscn1. The van der Waals surface area contributed by atoms with Gasteiger partial charge < -0.3 is 5.32 Å². The van der Waals surface area contributed by atoms with Crippen molar-refractivity contribution in [1.29, 1.82) is 0 Å². The number of likely N-dealkylation sites (N-methyl/N-ethyl adjacent to an activating group) is 1. The lowest BCUT2D eigenvalue weighted by Gasteiger charge is -2.13. The molecule has 86 valence electrons. The highest BCUT2D eigenvalue weighted by atomic mass is 32.1. The third kappa shape index (κ3) is 2.28. The van der Waals surface area contributed by atoms with Crippen molar-refractivity contribution in [2.45, 2.75) is 25.9 Å².